The lowest BCUT2D eigenvalue weighted by Crippen LogP contribution is -2.49. The number of carbonyl (C=O) groups is 2. The van der Waals surface area contributed by atoms with Gasteiger partial charge in [0.1, 0.15) is 5.75 Å². The van der Waals surface area contributed by atoms with Gasteiger partial charge >= 0.3 is 5.97 Å². The van der Waals surface area contributed by atoms with Gasteiger partial charge < -0.3 is 15.4 Å². The van der Waals surface area contributed by atoms with Gasteiger partial charge in [0.25, 0.3) is 0 Å². The van der Waals surface area contributed by atoms with Crippen LogP contribution in [0.3, 0.4) is 0 Å². The van der Waals surface area contributed by atoms with E-state index >= 15 is 0 Å². The van der Waals surface area contributed by atoms with Crippen LogP contribution >= 0.6 is 0 Å². The Labute approximate surface area is 179 Å². The lowest BCUT2D eigenvalue weighted by molar-refractivity contribution is -0.132. The molecule has 0 aromatic heterocycles. The van der Waals surface area contributed by atoms with Gasteiger partial charge in [-0.25, -0.2) is 0 Å². The van der Waals surface area contributed by atoms with Crippen LogP contribution in [0.25, 0.3) is 0 Å². The van der Waals surface area contributed by atoms with Crippen LogP contribution in [0.4, 0.5) is 0 Å². The molecule has 3 atom stereocenters. The Kier molecular flexibility index (Phi) is 6.93. The summed E-state index contributed by atoms with van der Waals surface area (Å²) in [6.07, 6.45) is 1.64. The highest BCUT2D eigenvalue weighted by atomic mass is 16.5. The lowest BCUT2D eigenvalue weighted by atomic mass is 9.68. The maximum absolute atomic E-state index is 12.1. The normalized spacial score (nSPS) is 23.0. The van der Waals surface area contributed by atoms with E-state index in [0.29, 0.717) is 24.6 Å². The topological polar surface area (TPSA) is 72.6 Å². The van der Waals surface area contributed by atoms with Crippen LogP contribution in [0.1, 0.15) is 38.3 Å². The number of nitrogens with zero attached hydrogens (tertiary/aromatic N) is 1. The molecule has 1 amide bonds. The summed E-state index contributed by atoms with van der Waals surface area (Å²) in [6, 6.07) is 17.9. The first kappa shape index (κ1) is 22.0. The fourth-order valence-corrected chi connectivity index (χ4v) is 4.46. The second kappa shape index (κ2) is 9.43. The van der Waals surface area contributed by atoms with E-state index < -0.39 is 0 Å². The Bertz CT molecular complexity index is 883. The van der Waals surface area contributed by atoms with Crippen molar-refractivity contribution in [1.82, 2.24) is 4.90 Å². The van der Waals surface area contributed by atoms with E-state index in [-0.39, 0.29) is 23.2 Å². The van der Waals surface area contributed by atoms with E-state index in [1.807, 2.05) is 48.5 Å². The molecule has 0 radical (unpaired) electrons. The number of piperidine rings is 1. The van der Waals surface area contributed by atoms with Gasteiger partial charge in [0.15, 0.2) is 0 Å². The van der Waals surface area contributed by atoms with E-state index in [0.717, 1.165) is 25.1 Å². The van der Waals surface area contributed by atoms with E-state index in [2.05, 4.69) is 24.8 Å². The van der Waals surface area contributed by atoms with Crippen molar-refractivity contribution < 1.29 is 14.3 Å². The first-order valence-corrected chi connectivity index (χ1v) is 10.6. The molecule has 30 heavy (non-hydrogen) atoms. The van der Waals surface area contributed by atoms with Crippen LogP contribution in [0.5, 0.6) is 5.75 Å². The number of hydrogen-bond acceptors (Lipinski definition) is 4. The molecule has 5 nitrogen and oxygen atoms in total. The van der Waals surface area contributed by atoms with Gasteiger partial charge in [-0.05, 0) is 54.0 Å². The summed E-state index contributed by atoms with van der Waals surface area (Å²) >= 11 is 0. The molecule has 0 saturated carbocycles. The summed E-state index contributed by atoms with van der Waals surface area (Å²) in [5.41, 5.74) is 8.03. The van der Waals surface area contributed by atoms with Crippen molar-refractivity contribution in [3.05, 3.63) is 65.7 Å². The van der Waals surface area contributed by atoms with E-state index in [9.17, 15) is 9.59 Å². The number of ether oxygens (including phenoxy) is 1. The maximum atomic E-state index is 12.1. The summed E-state index contributed by atoms with van der Waals surface area (Å²) in [6.45, 7) is 8.42. The third-order valence-corrected chi connectivity index (χ3v) is 6.53. The molecule has 2 N–H and O–H groups in total. The molecular weight excluding hydrogens is 376 g/mol. The van der Waals surface area contributed by atoms with Gasteiger partial charge in [-0.15, -0.1) is 0 Å². The van der Waals surface area contributed by atoms with E-state index in [1.165, 1.54) is 12.5 Å². The van der Waals surface area contributed by atoms with Gasteiger partial charge in [-0.3, -0.25) is 9.59 Å². The predicted molar refractivity (Wildman–Crippen MR) is 118 cm³/mol. The summed E-state index contributed by atoms with van der Waals surface area (Å²) in [7, 11) is 0. The molecule has 5 heteroatoms. The van der Waals surface area contributed by atoms with Gasteiger partial charge in [0.2, 0.25) is 5.91 Å². The number of nitrogens with two attached hydrogens (primary N) is 1. The van der Waals surface area contributed by atoms with Crippen molar-refractivity contribution >= 4 is 11.9 Å². The van der Waals surface area contributed by atoms with Crippen LogP contribution < -0.4 is 10.5 Å². The molecule has 1 saturated heterocycles. The molecule has 0 spiro atoms. The number of likely N-dealkylation sites (tertiary alicyclic amines) is 1. The average Bonchev–Trinajstić information content (AvgIpc) is 2.71. The molecule has 2 aromatic rings. The first-order chi connectivity index (χ1) is 14.3. The third-order valence-electron chi connectivity index (χ3n) is 6.53. The molecule has 0 bridgehead atoms. The summed E-state index contributed by atoms with van der Waals surface area (Å²) < 4.78 is 5.28. The van der Waals surface area contributed by atoms with E-state index in [1.54, 1.807) is 0 Å². The highest BCUT2D eigenvalue weighted by Crippen LogP contribution is 2.40. The average molecular weight is 409 g/mol. The molecule has 1 aliphatic heterocycles. The minimum Gasteiger partial charge on any atom is -0.427 e. The molecule has 1 aliphatic rings. The Morgan fingerprint density at radius 1 is 1.20 bits per heavy atom. The lowest BCUT2D eigenvalue weighted by Gasteiger charge is -2.45. The second-order valence-corrected chi connectivity index (χ2v) is 8.74. The molecule has 160 valence electrons. The Morgan fingerprint density at radius 2 is 1.93 bits per heavy atom. The summed E-state index contributed by atoms with van der Waals surface area (Å²) in [4.78, 5) is 25.8. The van der Waals surface area contributed by atoms with Crippen molar-refractivity contribution in [2.75, 3.05) is 19.6 Å². The highest BCUT2D eigenvalue weighted by Gasteiger charge is 2.39. The minimum absolute atomic E-state index is 0.0195. The fourth-order valence-electron chi connectivity index (χ4n) is 4.46. The first-order valence-electron chi connectivity index (χ1n) is 10.6. The van der Waals surface area contributed by atoms with Crippen LogP contribution in [0.2, 0.25) is 0 Å². The molecule has 0 aliphatic carbocycles. The standard InChI is InChI=1S/C25H32N2O3/c1-18-16-27(17-21(24(26)29)14-20-8-5-4-6-9-20)13-12-25(18,3)22-10-7-11-23(15-22)30-19(2)28/h4-11,15,18,21H,12-14,16-17H2,1-3H3,(H2,26,29)/t18-,21-,25+/m0/s1. The summed E-state index contributed by atoms with van der Waals surface area (Å²) in [5, 5.41) is 0. The minimum atomic E-state index is -0.309. The van der Waals surface area contributed by atoms with Crippen LogP contribution in [0.15, 0.2) is 54.6 Å². The Balaban J connectivity index is 1.68. The predicted octanol–water partition coefficient (Wildman–Crippen LogP) is 3.56. The number of primary amides is 1. The molecule has 2 aromatic carbocycles. The van der Waals surface area contributed by atoms with Crippen molar-refractivity contribution in [2.24, 2.45) is 17.6 Å². The smallest absolute Gasteiger partial charge is 0.308 e. The van der Waals surface area contributed by atoms with Crippen molar-refractivity contribution in [3.8, 4) is 5.75 Å². The summed E-state index contributed by atoms with van der Waals surface area (Å²) in [5.74, 6) is 0.220. The zero-order valence-corrected chi connectivity index (χ0v) is 18.1. The molecule has 0 unspecified atom stereocenters. The van der Waals surface area contributed by atoms with Crippen LogP contribution in [-0.4, -0.2) is 36.4 Å². The Morgan fingerprint density at radius 3 is 2.57 bits per heavy atom. The number of carbonyl (C=O) groups excluding carboxylic acids is 2. The van der Waals surface area contributed by atoms with Crippen molar-refractivity contribution in [2.45, 2.75) is 39.0 Å². The van der Waals surface area contributed by atoms with Gasteiger partial charge in [0, 0.05) is 20.0 Å². The number of hydrogen-bond donors (Lipinski definition) is 1. The maximum Gasteiger partial charge on any atom is 0.308 e. The van der Waals surface area contributed by atoms with Crippen molar-refractivity contribution in [1.29, 1.82) is 0 Å². The zero-order chi connectivity index (χ0) is 21.7. The van der Waals surface area contributed by atoms with Crippen molar-refractivity contribution in [3.63, 3.8) is 0 Å². The fraction of sp³-hybridized carbons (Fsp3) is 0.440. The monoisotopic (exact) mass is 408 g/mol. The quantitative estimate of drug-likeness (QED) is 0.562. The van der Waals surface area contributed by atoms with E-state index in [4.69, 9.17) is 10.5 Å². The number of benzene rings is 2. The highest BCUT2D eigenvalue weighted by molar-refractivity contribution is 5.77. The molecule has 1 fully saturated rings. The largest absolute Gasteiger partial charge is 0.427 e. The third kappa shape index (κ3) is 5.28. The SMILES string of the molecule is CC(=O)Oc1cccc([C@]2(C)CCN(C[C@H](Cc3ccccc3)C(N)=O)C[C@@H]2C)c1. The zero-order valence-electron chi connectivity index (χ0n) is 18.1. The molecular formula is C25H32N2O3. The van der Waals surface area contributed by atoms with Gasteiger partial charge in [-0.1, -0.05) is 56.3 Å². The molecule has 1 heterocycles. The second-order valence-electron chi connectivity index (χ2n) is 8.74. The number of rotatable bonds is 7. The van der Waals surface area contributed by atoms with Gasteiger partial charge in [0.05, 0.1) is 5.92 Å². The van der Waals surface area contributed by atoms with Gasteiger partial charge in [-0.2, -0.15) is 0 Å². The van der Waals surface area contributed by atoms with Crippen LogP contribution in [-0.2, 0) is 21.4 Å². The number of amides is 1. The van der Waals surface area contributed by atoms with Crippen LogP contribution in [0, 0.1) is 11.8 Å². The Hall–Kier alpha value is -2.66. The molecule has 3 rings (SSSR count). The number of esters is 1.